The fourth-order valence-corrected chi connectivity index (χ4v) is 1.98. The van der Waals surface area contributed by atoms with E-state index in [4.69, 9.17) is 0 Å². The number of carbonyl (C=O) groups excluding carboxylic acids is 1. The van der Waals surface area contributed by atoms with Crippen molar-refractivity contribution in [2.45, 2.75) is 6.42 Å². The first-order valence-corrected chi connectivity index (χ1v) is 5.15. The number of carbonyl (C=O) groups is 1. The van der Waals surface area contributed by atoms with E-state index in [0.29, 0.717) is 6.42 Å². The highest BCUT2D eigenvalue weighted by Crippen LogP contribution is 2.26. The largest absolute Gasteiger partial charge is 0.313 e. The van der Waals surface area contributed by atoms with Gasteiger partial charge < -0.3 is 4.57 Å². The number of benzene rings is 1. The molecular weight excluding hydrogens is 200 g/mol. The Bertz CT molecular complexity index is 567. The third-order valence-corrected chi connectivity index (χ3v) is 2.76. The summed E-state index contributed by atoms with van der Waals surface area (Å²) in [5.41, 5.74) is 2.76. The van der Waals surface area contributed by atoms with Crippen LogP contribution in [0.3, 0.4) is 0 Å². The molecule has 0 atom stereocenters. The van der Waals surface area contributed by atoms with Crippen molar-refractivity contribution in [3.05, 3.63) is 59.7 Å². The standard InChI is InChI=1S/C13H10N2O/c16-13-11(8-15-6-5-14-9-15)7-10-3-1-2-4-12(10)13/h1-6,8-9H,7H2/b11-8+. The van der Waals surface area contributed by atoms with Gasteiger partial charge in [0.2, 0.25) is 0 Å². The summed E-state index contributed by atoms with van der Waals surface area (Å²) >= 11 is 0. The molecule has 1 heterocycles. The number of fused-ring (bicyclic) bond motifs is 1. The lowest BCUT2D eigenvalue weighted by molar-refractivity contribution is 0.104. The van der Waals surface area contributed by atoms with Crippen LogP contribution in [-0.4, -0.2) is 15.3 Å². The molecule has 2 aromatic rings. The van der Waals surface area contributed by atoms with Gasteiger partial charge in [0, 0.05) is 36.2 Å². The van der Waals surface area contributed by atoms with Gasteiger partial charge in [-0.2, -0.15) is 0 Å². The van der Waals surface area contributed by atoms with Crippen LogP contribution < -0.4 is 0 Å². The highest BCUT2D eigenvalue weighted by molar-refractivity contribution is 6.14. The average Bonchev–Trinajstić information content (AvgIpc) is 2.90. The molecule has 0 unspecified atom stereocenters. The number of hydrogen-bond donors (Lipinski definition) is 0. The molecule has 0 bridgehead atoms. The Morgan fingerprint density at radius 2 is 2.19 bits per heavy atom. The Balaban J connectivity index is 2.02. The minimum atomic E-state index is 0.129. The maximum atomic E-state index is 12.0. The summed E-state index contributed by atoms with van der Waals surface area (Å²) in [6.45, 7) is 0. The van der Waals surface area contributed by atoms with E-state index < -0.39 is 0 Å². The first-order valence-electron chi connectivity index (χ1n) is 5.15. The van der Waals surface area contributed by atoms with Crippen LogP contribution in [0, 0.1) is 0 Å². The van der Waals surface area contributed by atoms with Gasteiger partial charge in [-0.15, -0.1) is 0 Å². The molecule has 0 saturated heterocycles. The fraction of sp³-hybridized carbons (Fsp3) is 0.0769. The highest BCUT2D eigenvalue weighted by Gasteiger charge is 2.23. The van der Waals surface area contributed by atoms with Crippen LogP contribution in [0.25, 0.3) is 6.20 Å². The number of rotatable bonds is 1. The third-order valence-electron chi connectivity index (χ3n) is 2.76. The monoisotopic (exact) mass is 210 g/mol. The Labute approximate surface area is 93.1 Å². The number of aromatic nitrogens is 2. The van der Waals surface area contributed by atoms with Crippen molar-refractivity contribution in [3.8, 4) is 0 Å². The summed E-state index contributed by atoms with van der Waals surface area (Å²) in [5, 5.41) is 0. The molecule has 0 spiro atoms. The Morgan fingerprint density at radius 1 is 1.31 bits per heavy atom. The molecule has 16 heavy (non-hydrogen) atoms. The van der Waals surface area contributed by atoms with Crippen LogP contribution in [0.5, 0.6) is 0 Å². The van der Waals surface area contributed by atoms with E-state index in [1.54, 1.807) is 17.1 Å². The highest BCUT2D eigenvalue weighted by atomic mass is 16.1. The van der Waals surface area contributed by atoms with Crippen molar-refractivity contribution < 1.29 is 4.79 Å². The summed E-state index contributed by atoms with van der Waals surface area (Å²) in [6, 6.07) is 7.75. The Morgan fingerprint density at radius 3 is 2.94 bits per heavy atom. The number of ketones is 1. The van der Waals surface area contributed by atoms with Crippen molar-refractivity contribution in [2.75, 3.05) is 0 Å². The van der Waals surface area contributed by atoms with Crippen molar-refractivity contribution in [1.29, 1.82) is 0 Å². The smallest absolute Gasteiger partial charge is 0.191 e. The quantitative estimate of drug-likeness (QED) is 0.676. The van der Waals surface area contributed by atoms with Crippen LogP contribution in [0.15, 0.2) is 48.6 Å². The van der Waals surface area contributed by atoms with Gasteiger partial charge in [-0.3, -0.25) is 4.79 Å². The normalized spacial score (nSPS) is 16.8. The van der Waals surface area contributed by atoms with Crippen molar-refractivity contribution in [2.24, 2.45) is 0 Å². The van der Waals surface area contributed by atoms with Crippen LogP contribution in [0.1, 0.15) is 15.9 Å². The van der Waals surface area contributed by atoms with Gasteiger partial charge in [0.05, 0.1) is 6.33 Å². The molecule has 0 saturated carbocycles. The van der Waals surface area contributed by atoms with Gasteiger partial charge >= 0.3 is 0 Å². The van der Waals surface area contributed by atoms with Crippen molar-refractivity contribution in [3.63, 3.8) is 0 Å². The minimum Gasteiger partial charge on any atom is -0.313 e. The predicted octanol–water partition coefficient (Wildman–Crippen LogP) is 2.16. The maximum Gasteiger partial charge on any atom is 0.191 e. The molecule has 3 heteroatoms. The van der Waals surface area contributed by atoms with E-state index in [0.717, 1.165) is 16.7 Å². The molecule has 1 aromatic heterocycles. The van der Waals surface area contributed by atoms with Gasteiger partial charge in [0.1, 0.15) is 0 Å². The number of allylic oxidation sites excluding steroid dienone is 1. The zero-order valence-corrected chi connectivity index (χ0v) is 8.63. The Kier molecular flexibility index (Phi) is 1.96. The molecule has 1 aromatic carbocycles. The minimum absolute atomic E-state index is 0.129. The second kappa shape index (κ2) is 3.45. The summed E-state index contributed by atoms with van der Waals surface area (Å²) < 4.78 is 1.80. The molecule has 0 aliphatic heterocycles. The molecule has 78 valence electrons. The second-order valence-corrected chi connectivity index (χ2v) is 3.83. The lowest BCUT2D eigenvalue weighted by Gasteiger charge is -1.95. The summed E-state index contributed by atoms with van der Waals surface area (Å²) in [6.07, 6.45) is 7.76. The van der Waals surface area contributed by atoms with Crippen LogP contribution in [-0.2, 0) is 6.42 Å². The molecule has 3 rings (SSSR count). The van der Waals surface area contributed by atoms with Gasteiger partial charge in [-0.05, 0) is 5.56 Å². The fourth-order valence-electron chi connectivity index (χ4n) is 1.98. The van der Waals surface area contributed by atoms with E-state index in [9.17, 15) is 4.79 Å². The van der Waals surface area contributed by atoms with Crippen LogP contribution >= 0.6 is 0 Å². The van der Waals surface area contributed by atoms with Gasteiger partial charge in [-0.25, -0.2) is 4.98 Å². The lowest BCUT2D eigenvalue weighted by Crippen LogP contribution is -1.96. The first-order chi connectivity index (χ1) is 7.84. The van der Waals surface area contributed by atoms with E-state index in [1.165, 1.54) is 0 Å². The molecule has 1 aliphatic rings. The number of Topliss-reactive ketones (excluding diaryl/α,β-unsaturated/α-hetero) is 1. The summed E-state index contributed by atoms with van der Waals surface area (Å²) in [4.78, 5) is 16.0. The average molecular weight is 210 g/mol. The van der Waals surface area contributed by atoms with Gasteiger partial charge in [0.25, 0.3) is 0 Å². The molecule has 0 amide bonds. The molecule has 3 nitrogen and oxygen atoms in total. The molecule has 0 N–H and O–H groups in total. The van der Waals surface area contributed by atoms with Gasteiger partial charge in [-0.1, -0.05) is 24.3 Å². The van der Waals surface area contributed by atoms with E-state index >= 15 is 0 Å². The van der Waals surface area contributed by atoms with Crippen molar-refractivity contribution in [1.82, 2.24) is 9.55 Å². The zero-order chi connectivity index (χ0) is 11.0. The second-order valence-electron chi connectivity index (χ2n) is 3.83. The van der Waals surface area contributed by atoms with Crippen LogP contribution in [0.2, 0.25) is 0 Å². The van der Waals surface area contributed by atoms with E-state index in [-0.39, 0.29) is 5.78 Å². The van der Waals surface area contributed by atoms with E-state index in [1.807, 2.05) is 36.7 Å². The number of nitrogens with zero attached hydrogens (tertiary/aromatic N) is 2. The first kappa shape index (κ1) is 9.09. The topological polar surface area (TPSA) is 34.9 Å². The number of imidazole rings is 1. The Hall–Kier alpha value is -2.16. The maximum absolute atomic E-state index is 12.0. The molecule has 1 aliphatic carbocycles. The van der Waals surface area contributed by atoms with Gasteiger partial charge in [0.15, 0.2) is 5.78 Å². The predicted molar refractivity (Wildman–Crippen MR) is 61.0 cm³/mol. The summed E-state index contributed by atoms with van der Waals surface area (Å²) in [5.74, 6) is 0.129. The summed E-state index contributed by atoms with van der Waals surface area (Å²) in [7, 11) is 0. The lowest BCUT2D eigenvalue weighted by atomic mass is 10.1. The van der Waals surface area contributed by atoms with E-state index in [2.05, 4.69) is 4.98 Å². The number of hydrogen-bond acceptors (Lipinski definition) is 2. The molecular formula is C13H10N2O. The SMILES string of the molecule is O=C1/C(=C/n2ccnc2)Cc2ccccc21. The van der Waals surface area contributed by atoms with Crippen molar-refractivity contribution >= 4 is 12.0 Å². The molecule has 0 fully saturated rings. The van der Waals surface area contributed by atoms with Crippen LogP contribution in [0.4, 0.5) is 0 Å². The molecule has 0 radical (unpaired) electrons. The zero-order valence-electron chi connectivity index (χ0n) is 8.63. The third kappa shape index (κ3) is 1.37.